The Hall–Kier alpha value is -3.79. The fraction of sp³-hybridized carbons (Fsp3) is 0.292. The number of para-hydroxylation sites is 1. The second-order valence-corrected chi connectivity index (χ2v) is 8.92. The summed E-state index contributed by atoms with van der Waals surface area (Å²) in [5.74, 6) is 0.0285. The van der Waals surface area contributed by atoms with Crippen LogP contribution in [-0.4, -0.2) is 33.8 Å². The van der Waals surface area contributed by atoms with Crippen molar-refractivity contribution in [1.29, 1.82) is 0 Å². The SMILES string of the molecule is O=C(NC1CCCCC1NC(=O)c1csc(COc2ccccc2)n1)c1cccc([N+](=O)[O-])c1. The first-order valence-corrected chi connectivity index (χ1v) is 11.9. The molecule has 1 aliphatic rings. The highest BCUT2D eigenvalue weighted by molar-refractivity contribution is 7.09. The number of benzene rings is 2. The van der Waals surface area contributed by atoms with Crippen LogP contribution in [0.15, 0.2) is 60.0 Å². The number of nitro benzene ring substituents is 1. The van der Waals surface area contributed by atoms with Crippen molar-refractivity contribution in [3.63, 3.8) is 0 Å². The molecule has 0 saturated heterocycles. The number of carbonyl (C=O) groups excluding carboxylic acids is 2. The van der Waals surface area contributed by atoms with Crippen LogP contribution in [0.1, 0.15) is 51.5 Å². The summed E-state index contributed by atoms with van der Waals surface area (Å²) < 4.78 is 5.69. The van der Waals surface area contributed by atoms with Gasteiger partial charge < -0.3 is 15.4 Å². The van der Waals surface area contributed by atoms with Crippen LogP contribution in [0.2, 0.25) is 0 Å². The van der Waals surface area contributed by atoms with E-state index in [1.165, 1.54) is 35.6 Å². The Bertz CT molecular complexity index is 1170. The predicted octanol–water partition coefficient (Wildman–Crippen LogP) is 4.10. The van der Waals surface area contributed by atoms with Crippen LogP contribution >= 0.6 is 11.3 Å². The number of rotatable bonds is 8. The molecule has 1 fully saturated rings. The molecule has 4 rings (SSSR count). The lowest BCUT2D eigenvalue weighted by molar-refractivity contribution is -0.384. The van der Waals surface area contributed by atoms with Gasteiger partial charge in [0.2, 0.25) is 0 Å². The summed E-state index contributed by atoms with van der Waals surface area (Å²) in [6, 6.07) is 14.5. The monoisotopic (exact) mass is 480 g/mol. The van der Waals surface area contributed by atoms with Gasteiger partial charge in [-0.2, -0.15) is 0 Å². The molecule has 2 atom stereocenters. The van der Waals surface area contributed by atoms with E-state index in [2.05, 4.69) is 15.6 Å². The van der Waals surface area contributed by atoms with Crippen LogP contribution in [0.25, 0.3) is 0 Å². The number of nitrogens with one attached hydrogen (secondary N) is 2. The van der Waals surface area contributed by atoms with Crippen molar-refractivity contribution in [3.05, 3.63) is 86.4 Å². The first kappa shape index (κ1) is 23.4. The highest BCUT2D eigenvalue weighted by Crippen LogP contribution is 2.21. The van der Waals surface area contributed by atoms with Gasteiger partial charge in [-0.25, -0.2) is 4.98 Å². The minimum absolute atomic E-state index is 0.142. The van der Waals surface area contributed by atoms with Gasteiger partial charge in [0.25, 0.3) is 17.5 Å². The van der Waals surface area contributed by atoms with Crippen molar-refractivity contribution in [3.8, 4) is 5.75 Å². The van der Waals surface area contributed by atoms with Crippen LogP contribution in [0.4, 0.5) is 5.69 Å². The third-order valence-corrected chi connectivity index (χ3v) is 6.43. The Morgan fingerprint density at radius 1 is 1.03 bits per heavy atom. The molecule has 1 saturated carbocycles. The van der Waals surface area contributed by atoms with Gasteiger partial charge in [-0.15, -0.1) is 11.3 Å². The normalized spacial score (nSPS) is 17.5. The van der Waals surface area contributed by atoms with E-state index in [0.29, 0.717) is 17.1 Å². The van der Waals surface area contributed by atoms with Crippen LogP contribution in [-0.2, 0) is 6.61 Å². The van der Waals surface area contributed by atoms with E-state index in [-0.39, 0.29) is 35.8 Å². The van der Waals surface area contributed by atoms with Crippen LogP contribution < -0.4 is 15.4 Å². The number of aromatic nitrogens is 1. The average Bonchev–Trinajstić information content (AvgIpc) is 3.34. The van der Waals surface area contributed by atoms with Gasteiger partial charge in [-0.05, 0) is 31.0 Å². The van der Waals surface area contributed by atoms with E-state index < -0.39 is 10.8 Å². The average molecular weight is 481 g/mol. The quantitative estimate of drug-likeness (QED) is 0.370. The second-order valence-electron chi connectivity index (χ2n) is 7.98. The number of carbonyl (C=O) groups is 2. The Labute approximate surface area is 200 Å². The fourth-order valence-corrected chi connectivity index (χ4v) is 4.56. The number of hydrogen-bond donors (Lipinski definition) is 2. The number of non-ortho nitro benzene ring substituents is 1. The molecule has 2 aromatic carbocycles. The van der Waals surface area contributed by atoms with Gasteiger partial charge in [0.1, 0.15) is 23.1 Å². The molecule has 2 unspecified atom stereocenters. The van der Waals surface area contributed by atoms with Gasteiger partial charge in [0, 0.05) is 35.2 Å². The minimum atomic E-state index is -0.534. The van der Waals surface area contributed by atoms with Crippen LogP contribution in [0, 0.1) is 10.1 Å². The van der Waals surface area contributed by atoms with E-state index in [0.717, 1.165) is 25.0 Å². The number of nitro groups is 1. The number of amides is 2. The minimum Gasteiger partial charge on any atom is -0.486 e. The van der Waals surface area contributed by atoms with E-state index >= 15 is 0 Å². The van der Waals surface area contributed by atoms with Crippen molar-refractivity contribution in [2.45, 2.75) is 44.4 Å². The zero-order valence-corrected chi connectivity index (χ0v) is 19.1. The summed E-state index contributed by atoms with van der Waals surface area (Å²) in [6.45, 7) is 0.271. The fourth-order valence-electron chi connectivity index (χ4n) is 3.87. The molecule has 176 valence electrons. The molecule has 0 spiro atoms. The first-order valence-electron chi connectivity index (χ1n) is 11.0. The lowest BCUT2D eigenvalue weighted by atomic mass is 9.90. The Kier molecular flexibility index (Phi) is 7.48. The first-order chi connectivity index (χ1) is 16.5. The third-order valence-electron chi connectivity index (χ3n) is 5.61. The summed E-state index contributed by atoms with van der Waals surface area (Å²) in [5, 5.41) is 19.3. The van der Waals surface area contributed by atoms with Crippen molar-refractivity contribution < 1.29 is 19.2 Å². The van der Waals surface area contributed by atoms with Gasteiger partial charge in [-0.3, -0.25) is 19.7 Å². The van der Waals surface area contributed by atoms with Crippen molar-refractivity contribution >= 4 is 28.8 Å². The predicted molar refractivity (Wildman–Crippen MR) is 127 cm³/mol. The van der Waals surface area contributed by atoms with E-state index in [1.807, 2.05) is 30.3 Å². The molecule has 9 nitrogen and oxygen atoms in total. The summed E-state index contributed by atoms with van der Waals surface area (Å²) >= 11 is 1.35. The van der Waals surface area contributed by atoms with Gasteiger partial charge in [-0.1, -0.05) is 37.1 Å². The molecule has 1 heterocycles. The van der Waals surface area contributed by atoms with E-state index in [4.69, 9.17) is 4.74 Å². The Balaban J connectivity index is 1.36. The summed E-state index contributed by atoms with van der Waals surface area (Å²) in [5.41, 5.74) is 0.384. The molecular weight excluding hydrogens is 456 g/mol. The molecule has 2 amide bonds. The summed E-state index contributed by atoms with van der Waals surface area (Å²) in [7, 11) is 0. The highest BCUT2D eigenvalue weighted by Gasteiger charge is 2.29. The standard InChI is InChI=1S/C24H24N4O5S/c29-23(16-7-6-8-17(13-16)28(31)32)26-19-11-4-5-12-20(19)27-24(30)21-15-34-22(25-21)14-33-18-9-2-1-3-10-18/h1-3,6-10,13,15,19-20H,4-5,11-12,14H2,(H,26,29)(H,27,30). The molecule has 0 aliphatic heterocycles. The number of hydrogen-bond acceptors (Lipinski definition) is 7. The second kappa shape index (κ2) is 10.9. The Morgan fingerprint density at radius 2 is 1.74 bits per heavy atom. The molecule has 34 heavy (non-hydrogen) atoms. The van der Waals surface area contributed by atoms with E-state index in [1.54, 1.807) is 5.38 Å². The van der Waals surface area contributed by atoms with Crippen molar-refractivity contribution in [1.82, 2.24) is 15.6 Å². The maximum Gasteiger partial charge on any atom is 0.271 e. The molecule has 0 bridgehead atoms. The molecule has 2 N–H and O–H groups in total. The molecule has 10 heteroatoms. The number of thiazole rings is 1. The van der Waals surface area contributed by atoms with E-state index in [9.17, 15) is 19.7 Å². The molecular formula is C24H24N4O5S. The number of ether oxygens (including phenoxy) is 1. The van der Waals surface area contributed by atoms with Gasteiger partial charge in [0.15, 0.2) is 0 Å². The van der Waals surface area contributed by atoms with Crippen LogP contribution in [0.3, 0.4) is 0 Å². The molecule has 0 radical (unpaired) electrons. The topological polar surface area (TPSA) is 123 Å². The summed E-state index contributed by atoms with van der Waals surface area (Å²) in [6.07, 6.45) is 3.28. The smallest absolute Gasteiger partial charge is 0.271 e. The lowest BCUT2D eigenvalue weighted by Crippen LogP contribution is -2.53. The van der Waals surface area contributed by atoms with Crippen molar-refractivity contribution in [2.75, 3.05) is 0 Å². The van der Waals surface area contributed by atoms with Gasteiger partial charge in [0.05, 0.1) is 4.92 Å². The molecule has 1 aromatic heterocycles. The maximum atomic E-state index is 12.8. The zero-order chi connectivity index (χ0) is 23.9. The molecule has 1 aliphatic carbocycles. The zero-order valence-electron chi connectivity index (χ0n) is 18.3. The lowest BCUT2D eigenvalue weighted by Gasteiger charge is -2.32. The maximum absolute atomic E-state index is 12.8. The number of nitrogens with zero attached hydrogens (tertiary/aromatic N) is 2. The largest absolute Gasteiger partial charge is 0.486 e. The van der Waals surface area contributed by atoms with Crippen LogP contribution in [0.5, 0.6) is 5.75 Å². The van der Waals surface area contributed by atoms with Gasteiger partial charge >= 0.3 is 0 Å². The van der Waals surface area contributed by atoms with Crippen molar-refractivity contribution in [2.24, 2.45) is 0 Å². The summed E-state index contributed by atoms with van der Waals surface area (Å²) in [4.78, 5) is 40.4. The third kappa shape index (κ3) is 5.96. The Morgan fingerprint density at radius 3 is 2.44 bits per heavy atom. The molecule has 3 aromatic rings. The highest BCUT2D eigenvalue weighted by atomic mass is 32.1.